The van der Waals surface area contributed by atoms with Crippen molar-refractivity contribution in [1.29, 1.82) is 0 Å². The fourth-order valence-corrected chi connectivity index (χ4v) is 3.26. The number of benzene rings is 1. The molecule has 2 N–H and O–H groups in total. The molecule has 3 rings (SSSR count). The van der Waals surface area contributed by atoms with E-state index in [2.05, 4.69) is 0 Å². The fourth-order valence-electron chi connectivity index (χ4n) is 3.26. The van der Waals surface area contributed by atoms with E-state index in [1.54, 1.807) is 6.07 Å². The summed E-state index contributed by atoms with van der Waals surface area (Å²) in [6, 6.07) is 12.9. The maximum Gasteiger partial charge on any atom is 0.371 e. The van der Waals surface area contributed by atoms with Crippen LogP contribution in [0, 0.1) is 0 Å². The van der Waals surface area contributed by atoms with E-state index < -0.39 is 11.6 Å². The maximum atomic E-state index is 11.2. The van der Waals surface area contributed by atoms with Crippen LogP contribution in [0.3, 0.4) is 0 Å². The van der Waals surface area contributed by atoms with E-state index in [-0.39, 0.29) is 11.7 Å². The van der Waals surface area contributed by atoms with Crippen molar-refractivity contribution >= 4 is 5.97 Å². The van der Waals surface area contributed by atoms with Gasteiger partial charge in [-0.3, -0.25) is 0 Å². The standard InChI is InChI=1S/C17H18O4/c18-16(19)14-9-10-15(21-14)17(20)11-5-4-8-13(17)12-6-2-1-3-7-12/h1-3,6-7,9-10,13,20H,4-5,8,11H2,(H,18,19). The molecule has 1 fully saturated rings. The summed E-state index contributed by atoms with van der Waals surface area (Å²) in [7, 11) is 0. The van der Waals surface area contributed by atoms with E-state index in [1.807, 2.05) is 30.3 Å². The summed E-state index contributed by atoms with van der Waals surface area (Å²) in [6.07, 6.45) is 3.40. The Labute approximate surface area is 123 Å². The first-order valence-electron chi connectivity index (χ1n) is 7.22. The average molecular weight is 286 g/mol. The predicted octanol–water partition coefficient (Wildman–Crippen LogP) is 3.52. The van der Waals surface area contributed by atoms with Crippen LogP contribution in [0.5, 0.6) is 0 Å². The van der Waals surface area contributed by atoms with Crippen LogP contribution in [0.15, 0.2) is 46.9 Å². The molecule has 4 nitrogen and oxygen atoms in total. The van der Waals surface area contributed by atoms with Crippen LogP contribution in [0.2, 0.25) is 0 Å². The van der Waals surface area contributed by atoms with Crippen molar-refractivity contribution in [2.24, 2.45) is 0 Å². The Morgan fingerprint density at radius 2 is 1.90 bits per heavy atom. The molecule has 110 valence electrons. The predicted molar refractivity (Wildman–Crippen MR) is 77.2 cm³/mol. The highest BCUT2D eigenvalue weighted by Crippen LogP contribution is 2.47. The number of rotatable bonds is 3. The number of furan rings is 1. The van der Waals surface area contributed by atoms with Gasteiger partial charge in [-0.25, -0.2) is 4.79 Å². The number of carboxylic acid groups (broad SMARTS) is 1. The van der Waals surface area contributed by atoms with Crippen LogP contribution in [-0.4, -0.2) is 16.2 Å². The van der Waals surface area contributed by atoms with E-state index in [9.17, 15) is 9.90 Å². The van der Waals surface area contributed by atoms with Gasteiger partial charge in [-0.05, 0) is 30.5 Å². The summed E-state index contributed by atoms with van der Waals surface area (Å²) in [5.74, 6) is -0.957. The highest BCUT2D eigenvalue weighted by atomic mass is 16.4. The largest absolute Gasteiger partial charge is 0.475 e. The molecule has 1 heterocycles. The van der Waals surface area contributed by atoms with Crippen molar-refractivity contribution in [3.05, 3.63) is 59.5 Å². The summed E-state index contributed by atoms with van der Waals surface area (Å²) in [6.45, 7) is 0. The van der Waals surface area contributed by atoms with Gasteiger partial charge in [0.05, 0.1) is 0 Å². The highest BCUT2D eigenvalue weighted by molar-refractivity contribution is 5.84. The Kier molecular flexibility index (Phi) is 3.55. The number of aromatic carboxylic acids is 1. The molecular weight excluding hydrogens is 268 g/mol. The van der Waals surface area contributed by atoms with Crippen LogP contribution in [0.25, 0.3) is 0 Å². The van der Waals surface area contributed by atoms with E-state index in [0.29, 0.717) is 12.2 Å². The molecule has 2 unspecified atom stereocenters. The minimum absolute atomic E-state index is 0.0692. The SMILES string of the molecule is O=C(O)c1ccc(C2(O)CCCCC2c2ccccc2)o1. The summed E-state index contributed by atoms with van der Waals surface area (Å²) in [5, 5.41) is 20.2. The number of carboxylic acids is 1. The lowest BCUT2D eigenvalue weighted by molar-refractivity contribution is -0.0410. The molecule has 0 saturated heterocycles. The van der Waals surface area contributed by atoms with Crippen LogP contribution < -0.4 is 0 Å². The summed E-state index contributed by atoms with van der Waals surface area (Å²) in [4.78, 5) is 11.0. The number of hydrogen-bond donors (Lipinski definition) is 2. The quantitative estimate of drug-likeness (QED) is 0.905. The van der Waals surface area contributed by atoms with Gasteiger partial charge in [-0.15, -0.1) is 0 Å². The second-order valence-electron chi connectivity index (χ2n) is 5.60. The van der Waals surface area contributed by atoms with Gasteiger partial charge in [-0.1, -0.05) is 43.2 Å². The van der Waals surface area contributed by atoms with Gasteiger partial charge >= 0.3 is 5.97 Å². The maximum absolute atomic E-state index is 11.2. The zero-order valence-electron chi connectivity index (χ0n) is 11.7. The van der Waals surface area contributed by atoms with Crippen LogP contribution in [0.1, 0.15) is 53.5 Å². The Hall–Kier alpha value is -2.07. The minimum atomic E-state index is -1.13. The first-order valence-corrected chi connectivity index (χ1v) is 7.22. The first kappa shape index (κ1) is 13.9. The first-order chi connectivity index (χ1) is 10.1. The Morgan fingerprint density at radius 3 is 2.57 bits per heavy atom. The molecule has 0 radical (unpaired) electrons. The average Bonchev–Trinajstić information content (AvgIpc) is 2.99. The third kappa shape index (κ3) is 2.47. The van der Waals surface area contributed by atoms with Crippen molar-refractivity contribution in [3.63, 3.8) is 0 Å². The number of hydrogen-bond acceptors (Lipinski definition) is 3. The lowest BCUT2D eigenvalue weighted by Gasteiger charge is -2.38. The van der Waals surface area contributed by atoms with E-state index in [4.69, 9.17) is 9.52 Å². The van der Waals surface area contributed by atoms with Crippen molar-refractivity contribution in [2.45, 2.75) is 37.2 Å². The van der Waals surface area contributed by atoms with Gasteiger partial charge in [-0.2, -0.15) is 0 Å². The van der Waals surface area contributed by atoms with Crippen molar-refractivity contribution in [3.8, 4) is 0 Å². The monoisotopic (exact) mass is 286 g/mol. The summed E-state index contributed by atoms with van der Waals surface area (Å²) in [5.41, 5.74) is -0.0687. The van der Waals surface area contributed by atoms with Gasteiger partial charge in [0.2, 0.25) is 5.76 Å². The zero-order chi connectivity index (χ0) is 14.9. The highest BCUT2D eigenvalue weighted by Gasteiger charge is 2.43. The number of carbonyl (C=O) groups is 1. The Balaban J connectivity index is 2.00. The molecule has 4 heteroatoms. The Bertz CT molecular complexity index is 631. The summed E-state index contributed by atoms with van der Waals surface area (Å²) < 4.78 is 5.39. The molecule has 1 aliphatic carbocycles. The van der Waals surface area contributed by atoms with Crippen LogP contribution >= 0.6 is 0 Å². The van der Waals surface area contributed by atoms with Gasteiger partial charge in [0.25, 0.3) is 0 Å². The second-order valence-corrected chi connectivity index (χ2v) is 5.60. The third-order valence-electron chi connectivity index (χ3n) is 4.32. The normalized spacial score (nSPS) is 25.7. The lowest BCUT2D eigenvalue weighted by atomic mass is 9.71. The Morgan fingerprint density at radius 1 is 1.14 bits per heavy atom. The van der Waals surface area contributed by atoms with E-state index >= 15 is 0 Å². The molecule has 21 heavy (non-hydrogen) atoms. The van der Waals surface area contributed by atoms with Crippen molar-refractivity contribution in [2.75, 3.05) is 0 Å². The molecule has 0 amide bonds. The smallest absolute Gasteiger partial charge is 0.371 e. The third-order valence-corrected chi connectivity index (χ3v) is 4.32. The van der Waals surface area contributed by atoms with Crippen molar-refractivity contribution in [1.82, 2.24) is 0 Å². The van der Waals surface area contributed by atoms with Gasteiger partial charge < -0.3 is 14.6 Å². The molecule has 1 saturated carbocycles. The fraction of sp³-hybridized carbons (Fsp3) is 0.353. The van der Waals surface area contributed by atoms with Crippen LogP contribution in [0.4, 0.5) is 0 Å². The molecule has 0 aliphatic heterocycles. The molecule has 1 aliphatic rings. The molecule has 0 bridgehead atoms. The molecule has 1 aromatic carbocycles. The second kappa shape index (κ2) is 5.37. The molecule has 1 aromatic heterocycles. The zero-order valence-corrected chi connectivity index (χ0v) is 11.7. The van der Waals surface area contributed by atoms with Crippen molar-refractivity contribution < 1.29 is 19.4 Å². The molecule has 2 aromatic rings. The molecule has 2 atom stereocenters. The van der Waals surface area contributed by atoms with E-state index in [0.717, 1.165) is 24.8 Å². The molecule has 0 spiro atoms. The van der Waals surface area contributed by atoms with Gasteiger partial charge in [0, 0.05) is 5.92 Å². The van der Waals surface area contributed by atoms with Crippen LogP contribution in [-0.2, 0) is 5.60 Å². The molecular formula is C17H18O4. The summed E-state index contributed by atoms with van der Waals surface area (Å²) >= 11 is 0. The topological polar surface area (TPSA) is 70.7 Å². The van der Waals surface area contributed by atoms with E-state index in [1.165, 1.54) is 6.07 Å². The lowest BCUT2D eigenvalue weighted by Crippen LogP contribution is -2.36. The number of aliphatic hydroxyl groups is 1. The van der Waals surface area contributed by atoms with Gasteiger partial charge in [0.15, 0.2) is 0 Å². The minimum Gasteiger partial charge on any atom is -0.475 e. The van der Waals surface area contributed by atoms with Gasteiger partial charge in [0.1, 0.15) is 11.4 Å².